The molecular formula is C20H22ClNO4S. The molecule has 1 fully saturated rings. The van der Waals surface area contributed by atoms with Gasteiger partial charge in [-0.2, -0.15) is 0 Å². The van der Waals surface area contributed by atoms with Crippen molar-refractivity contribution in [2.24, 2.45) is 0 Å². The lowest BCUT2D eigenvalue weighted by Crippen LogP contribution is -2.43. The van der Waals surface area contributed by atoms with Gasteiger partial charge in [0.05, 0.1) is 16.2 Å². The SMILES string of the molecule is CC(=O)c1ccc(S(C)(=O)=O)c(N2CCC(O)(c3ccccc3Cl)CC2)c1. The number of Topliss-reactive ketones (excluding diaryl/α,β-unsaturated/α-hetero) is 1. The molecule has 144 valence electrons. The molecule has 5 nitrogen and oxygen atoms in total. The summed E-state index contributed by atoms with van der Waals surface area (Å²) in [6.45, 7) is 2.35. The largest absolute Gasteiger partial charge is 0.385 e. The van der Waals surface area contributed by atoms with Crippen LogP contribution >= 0.6 is 11.6 Å². The Morgan fingerprint density at radius 1 is 1.15 bits per heavy atom. The maximum Gasteiger partial charge on any atom is 0.177 e. The first kappa shape index (κ1) is 19.9. The van der Waals surface area contributed by atoms with Crippen LogP contribution in [0.15, 0.2) is 47.4 Å². The number of rotatable bonds is 4. The summed E-state index contributed by atoms with van der Waals surface area (Å²) in [6, 6.07) is 11.9. The summed E-state index contributed by atoms with van der Waals surface area (Å²) in [7, 11) is -3.45. The van der Waals surface area contributed by atoms with Crippen LogP contribution in [0.3, 0.4) is 0 Å². The summed E-state index contributed by atoms with van der Waals surface area (Å²) in [6.07, 6.45) is 1.97. The topological polar surface area (TPSA) is 74.7 Å². The van der Waals surface area contributed by atoms with Gasteiger partial charge in [-0.3, -0.25) is 4.79 Å². The smallest absolute Gasteiger partial charge is 0.177 e. The maximum absolute atomic E-state index is 12.2. The third-order valence-corrected chi connectivity index (χ3v) is 6.55. The summed E-state index contributed by atoms with van der Waals surface area (Å²) in [5.74, 6) is -0.124. The number of halogens is 1. The number of carbonyl (C=O) groups is 1. The molecule has 1 heterocycles. The van der Waals surface area contributed by atoms with Gasteiger partial charge in [-0.15, -0.1) is 0 Å². The molecule has 0 saturated carbocycles. The Balaban J connectivity index is 1.93. The van der Waals surface area contributed by atoms with Gasteiger partial charge in [0.2, 0.25) is 0 Å². The number of carbonyl (C=O) groups excluding carboxylic acids is 1. The Hall–Kier alpha value is -1.89. The Morgan fingerprint density at radius 2 is 1.78 bits per heavy atom. The van der Waals surface area contributed by atoms with Crippen molar-refractivity contribution in [1.29, 1.82) is 0 Å². The van der Waals surface area contributed by atoms with E-state index in [-0.39, 0.29) is 10.7 Å². The molecule has 0 atom stereocenters. The van der Waals surface area contributed by atoms with Crippen LogP contribution in [-0.4, -0.2) is 38.7 Å². The lowest BCUT2D eigenvalue weighted by Gasteiger charge is -2.40. The van der Waals surface area contributed by atoms with Gasteiger partial charge in [0.1, 0.15) is 0 Å². The van der Waals surface area contributed by atoms with Crippen LogP contribution in [-0.2, 0) is 15.4 Å². The average Bonchev–Trinajstić information content (AvgIpc) is 2.61. The van der Waals surface area contributed by atoms with E-state index in [0.717, 1.165) is 6.26 Å². The molecule has 2 aromatic carbocycles. The van der Waals surface area contributed by atoms with Crippen molar-refractivity contribution in [3.63, 3.8) is 0 Å². The van der Waals surface area contributed by atoms with Crippen molar-refractivity contribution in [2.45, 2.75) is 30.3 Å². The van der Waals surface area contributed by atoms with Gasteiger partial charge in [0.15, 0.2) is 15.6 Å². The normalized spacial score (nSPS) is 17.0. The first-order chi connectivity index (χ1) is 12.6. The van der Waals surface area contributed by atoms with Crippen LogP contribution in [0.1, 0.15) is 35.7 Å². The van der Waals surface area contributed by atoms with Crippen LogP contribution in [0.25, 0.3) is 0 Å². The van der Waals surface area contributed by atoms with E-state index in [1.165, 1.54) is 19.1 Å². The Kier molecular flexibility index (Phi) is 5.34. The number of anilines is 1. The van der Waals surface area contributed by atoms with Gasteiger partial charge in [-0.25, -0.2) is 8.42 Å². The number of piperidine rings is 1. The second-order valence-corrected chi connectivity index (χ2v) is 9.40. The number of hydrogen-bond donors (Lipinski definition) is 1. The minimum Gasteiger partial charge on any atom is -0.385 e. The van der Waals surface area contributed by atoms with E-state index < -0.39 is 15.4 Å². The number of aliphatic hydroxyl groups is 1. The number of sulfone groups is 1. The molecule has 0 spiro atoms. The fourth-order valence-electron chi connectivity index (χ4n) is 3.52. The zero-order valence-corrected chi connectivity index (χ0v) is 16.8. The fraction of sp³-hybridized carbons (Fsp3) is 0.350. The summed E-state index contributed by atoms with van der Waals surface area (Å²) in [5, 5.41) is 11.6. The Morgan fingerprint density at radius 3 is 2.33 bits per heavy atom. The molecule has 0 aliphatic carbocycles. The lowest BCUT2D eigenvalue weighted by atomic mass is 9.84. The molecule has 1 N–H and O–H groups in total. The molecule has 27 heavy (non-hydrogen) atoms. The molecule has 1 aliphatic heterocycles. The van der Waals surface area contributed by atoms with Crippen LogP contribution < -0.4 is 4.90 Å². The number of nitrogens with zero attached hydrogens (tertiary/aromatic N) is 1. The van der Waals surface area contributed by atoms with Gasteiger partial charge in [-0.05, 0) is 44.0 Å². The fourth-order valence-corrected chi connectivity index (χ4v) is 4.72. The lowest BCUT2D eigenvalue weighted by molar-refractivity contribution is 0.0118. The van der Waals surface area contributed by atoms with Gasteiger partial charge in [-0.1, -0.05) is 29.8 Å². The average molecular weight is 408 g/mol. The second kappa shape index (κ2) is 7.26. The Labute approximate surface area is 164 Å². The molecule has 1 aliphatic rings. The minimum atomic E-state index is -3.45. The number of hydrogen-bond acceptors (Lipinski definition) is 5. The summed E-state index contributed by atoms with van der Waals surface area (Å²) < 4.78 is 24.4. The van der Waals surface area contributed by atoms with Crippen molar-refractivity contribution in [1.82, 2.24) is 0 Å². The van der Waals surface area contributed by atoms with Crippen LogP contribution in [0.4, 0.5) is 5.69 Å². The van der Waals surface area contributed by atoms with Crippen molar-refractivity contribution in [2.75, 3.05) is 24.2 Å². The summed E-state index contributed by atoms with van der Waals surface area (Å²) in [5.41, 5.74) is 0.598. The molecule has 0 amide bonds. The predicted octanol–water partition coefficient (Wildman–Crippen LogP) is 3.43. The first-order valence-corrected chi connectivity index (χ1v) is 11.0. The molecule has 0 aromatic heterocycles. The molecule has 7 heteroatoms. The molecule has 2 aromatic rings. The first-order valence-electron chi connectivity index (χ1n) is 8.69. The van der Waals surface area contributed by atoms with Crippen molar-refractivity contribution < 1.29 is 18.3 Å². The van der Waals surface area contributed by atoms with Gasteiger partial charge in [0, 0.05) is 35.5 Å². The maximum atomic E-state index is 12.2. The highest BCUT2D eigenvalue weighted by molar-refractivity contribution is 7.90. The molecule has 0 unspecified atom stereocenters. The highest BCUT2D eigenvalue weighted by Gasteiger charge is 2.36. The monoisotopic (exact) mass is 407 g/mol. The van der Waals surface area contributed by atoms with Gasteiger partial charge in [0.25, 0.3) is 0 Å². The van der Waals surface area contributed by atoms with Crippen LogP contribution in [0, 0.1) is 0 Å². The zero-order chi connectivity index (χ0) is 19.8. The van der Waals surface area contributed by atoms with Crippen molar-refractivity contribution >= 4 is 32.9 Å². The zero-order valence-electron chi connectivity index (χ0n) is 15.3. The van der Waals surface area contributed by atoms with Gasteiger partial charge < -0.3 is 10.0 Å². The summed E-state index contributed by atoms with van der Waals surface area (Å²) >= 11 is 6.25. The quantitative estimate of drug-likeness (QED) is 0.786. The van der Waals surface area contributed by atoms with Gasteiger partial charge >= 0.3 is 0 Å². The second-order valence-electron chi connectivity index (χ2n) is 7.01. The third-order valence-electron chi connectivity index (χ3n) is 5.07. The molecule has 0 bridgehead atoms. The molecule has 0 radical (unpaired) electrons. The van der Waals surface area contributed by atoms with E-state index in [2.05, 4.69) is 0 Å². The van der Waals surface area contributed by atoms with Crippen LogP contribution in [0.5, 0.6) is 0 Å². The van der Waals surface area contributed by atoms with Crippen molar-refractivity contribution in [3.8, 4) is 0 Å². The molecule has 1 saturated heterocycles. The predicted molar refractivity (Wildman–Crippen MR) is 106 cm³/mol. The van der Waals surface area contributed by atoms with Crippen molar-refractivity contribution in [3.05, 3.63) is 58.6 Å². The van der Waals surface area contributed by atoms with E-state index in [4.69, 9.17) is 11.6 Å². The van der Waals surface area contributed by atoms with Crippen LogP contribution in [0.2, 0.25) is 5.02 Å². The highest BCUT2D eigenvalue weighted by Crippen LogP contribution is 2.39. The van der Waals surface area contributed by atoms with E-state index in [1.807, 2.05) is 23.1 Å². The summed E-state index contributed by atoms with van der Waals surface area (Å²) in [4.78, 5) is 13.8. The third kappa shape index (κ3) is 4.03. The van der Waals surface area contributed by atoms with E-state index in [9.17, 15) is 18.3 Å². The Bertz CT molecular complexity index is 979. The van der Waals surface area contributed by atoms with E-state index in [1.54, 1.807) is 12.1 Å². The number of ketones is 1. The van der Waals surface area contributed by atoms with E-state index in [0.29, 0.717) is 47.8 Å². The molecule has 3 rings (SSSR count). The van der Waals surface area contributed by atoms with E-state index >= 15 is 0 Å². The highest BCUT2D eigenvalue weighted by atomic mass is 35.5. The number of benzene rings is 2. The standard InChI is InChI=1S/C20H22ClNO4S/c1-14(23)15-7-8-19(27(2,25)26)18(13-15)22-11-9-20(24,10-12-22)16-5-3-4-6-17(16)21/h3-8,13,24H,9-12H2,1-2H3. The molecular weight excluding hydrogens is 386 g/mol. The minimum absolute atomic E-state index is 0.124.